The monoisotopic (exact) mass is 973 g/mol. The van der Waals surface area contributed by atoms with Crippen LogP contribution in [0.25, 0.3) is 16.7 Å². The number of piperidine rings is 4. The number of benzene rings is 2. The van der Waals surface area contributed by atoms with Gasteiger partial charge < -0.3 is 20.4 Å². The van der Waals surface area contributed by atoms with E-state index in [-0.39, 0.29) is 41.9 Å². The van der Waals surface area contributed by atoms with E-state index in [0.717, 1.165) is 125 Å². The summed E-state index contributed by atoms with van der Waals surface area (Å²) in [5.74, 6) is -2.04. The van der Waals surface area contributed by atoms with E-state index in [9.17, 15) is 19.2 Å². The van der Waals surface area contributed by atoms with Crippen LogP contribution in [-0.2, 0) is 23.1 Å². The van der Waals surface area contributed by atoms with Crippen LogP contribution >= 0.6 is 0 Å². The Morgan fingerprint density at radius 3 is 2.37 bits per heavy atom. The largest absolute Gasteiger partial charge is 0.385 e. The topological polar surface area (TPSA) is 157 Å². The molecular weight excluding hydrogens is 907 g/mol. The molecule has 0 radical (unpaired) electrons. The number of likely N-dealkylation sites (tertiary alicyclic amines) is 2. The summed E-state index contributed by atoms with van der Waals surface area (Å²) in [7, 11) is 3.58. The molecular formula is C53H66F2N12O4. The van der Waals surface area contributed by atoms with Gasteiger partial charge in [0.05, 0.1) is 35.5 Å². The van der Waals surface area contributed by atoms with Crippen LogP contribution in [0.5, 0.6) is 0 Å². The van der Waals surface area contributed by atoms with Crippen molar-refractivity contribution < 1.29 is 23.2 Å². The first-order chi connectivity index (χ1) is 34.3. The molecule has 1 spiro atoms. The minimum Gasteiger partial charge on any atom is -0.385 e. The highest BCUT2D eigenvalue weighted by Gasteiger charge is 2.50. The molecule has 376 valence electrons. The number of anilines is 4. The predicted molar refractivity (Wildman–Crippen MR) is 268 cm³/mol. The molecule has 7 aliphatic rings. The molecule has 18 heteroatoms. The number of aromatic nitrogens is 5. The third-order valence-electron chi connectivity index (χ3n) is 17.7. The molecule has 0 bridgehead atoms. The summed E-state index contributed by atoms with van der Waals surface area (Å²) in [4.78, 5) is 64.2. The number of carbonyl (C=O) groups excluding carboxylic acids is 3. The molecule has 2 aliphatic carbocycles. The van der Waals surface area contributed by atoms with Crippen LogP contribution < -0.4 is 31.4 Å². The molecule has 3 amide bonds. The highest BCUT2D eigenvalue weighted by atomic mass is 19.3. The van der Waals surface area contributed by atoms with Gasteiger partial charge in [0.1, 0.15) is 6.04 Å². The summed E-state index contributed by atoms with van der Waals surface area (Å²) in [5, 5.41) is 13.7. The third-order valence-corrected chi connectivity index (χ3v) is 17.7. The van der Waals surface area contributed by atoms with E-state index in [1.807, 2.05) is 31.3 Å². The van der Waals surface area contributed by atoms with Gasteiger partial charge in [-0.1, -0.05) is 12.1 Å². The van der Waals surface area contributed by atoms with Crippen LogP contribution in [0.3, 0.4) is 0 Å². The normalized spacial score (nSPS) is 26.0. The van der Waals surface area contributed by atoms with Gasteiger partial charge in [-0.2, -0.15) is 0 Å². The second-order valence-corrected chi connectivity index (χ2v) is 21.9. The van der Waals surface area contributed by atoms with Crippen molar-refractivity contribution in [2.24, 2.45) is 18.4 Å². The fraction of sp³-hybridized carbons (Fsp3) is 0.585. The number of alkyl halides is 2. The number of rotatable bonds is 10. The Morgan fingerprint density at radius 1 is 0.859 bits per heavy atom. The molecule has 2 atom stereocenters. The molecule has 8 heterocycles. The van der Waals surface area contributed by atoms with Gasteiger partial charge in [0.15, 0.2) is 17.2 Å². The molecule has 71 heavy (non-hydrogen) atoms. The summed E-state index contributed by atoms with van der Waals surface area (Å²) in [6.45, 7) is 5.22. The molecule has 6 fully saturated rings. The Kier molecular flexibility index (Phi) is 11.7. The van der Waals surface area contributed by atoms with Gasteiger partial charge in [-0.05, 0) is 149 Å². The van der Waals surface area contributed by atoms with E-state index >= 15 is 8.78 Å². The summed E-state index contributed by atoms with van der Waals surface area (Å²) in [5.41, 5.74) is 8.12. The standard InChI is InChI=1S/C53H66F2N12O4/c1-56-39-29-46(60-67-44(30-57-48(39)67)50(70)58-35-10-11-35)65-23-16-38-37(4-3-5-40(38)65)34-8-6-33(7-9-34)31-62-22-17-45(53(54,55)32-62)64-26-20-52(21-27-64)18-24-63(25-19-52)36-12-13-41-43(28-36)61(2)51(71)66(41)42-14-15-47(68)59-49(42)69/h3-5,12-13,28-30,33-35,42,45,56H,6-11,14-27,31-32H2,1-2H3,(H,58,70)(H,59,68,69). The average molecular weight is 973 g/mol. The summed E-state index contributed by atoms with van der Waals surface area (Å²) < 4.78 is 37.2. The van der Waals surface area contributed by atoms with Gasteiger partial charge in [-0.3, -0.25) is 38.6 Å². The van der Waals surface area contributed by atoms with Crippen LogP contribution in [-0.4, -0.2) is 129 Å². The molecule has 5 aromatic rings. The van der Waals surface area contributed by atoms with E-state index in [1.165, 1.54) is 15.7 Å². The Bertz CT molecular complexity index is 2950. The van der Waals surface area contributed by atoms with Crippen molar-refractivity contribution in [1.82, 2.24) is 44.2 Å². The minimum atomic E-state index is -2.76. The highest BCUT2D eigenvalue weighted by Crippen LogP contribution is 2.47. The number of nitrogens with zero attached hydrogens (tertiary/aromatic N) is 9. The first kappa shape index (κ1) is 46.2. The number of amides is 3. The number of hydrogen-bond acceptors (Lipinski definition) is 11. The lowest BCUT2D eigenvalue weighted by Crippen LogP contribution is -2.61. The lowest BCUT2D eigenvalue weighted by atomic mass is 9.70. The van der Waals surface area contributed by atoms with Crippen LogP contribution in [0, 0.1) is 11.3 Å². The fourth-order valence-corrected chi connectivity index (χ4v) is 13.4. The van der Waals surface area contributed by atoms with E-state index in [4.69, 9.17) is 5.10 Å². The zero-order valence-corrected chi connectivity index (χ0v) is 41.0. The number of nitrogens with one attached hydrogen (secondary N) is 3. The Morgan fingerprint density at radius 2 is 1.63 bits per heavy atom. The molecule has 16 nitrogen and oxygen atoms in total. The van der Waals surface area contributed by atoms with Crippen molar-refractivity contribution in [1.29, 1.82) is 0 Å². The van der Waals surface area contributed by atoms with Crippen molar-refractivity contribution in [3.8, 4) is 0 Å². The number of imidazole rings is 2. The maximum Gasteiger partial charge on any atom is 0.329 e. The number of aryl methyl sites for hydroxylation is 1. The molecule has 12 rings (SSSR count). The molecule has 2 saturated carbocycles. The zero-order chi connectivity index (χ0) is 48.8. The van der Waals surface area contributed by atoms with E-state index in [0.29, 0.717) is 61.2 Å². The van der Waals surface area contributed by atoms with E-state index in [1.54, 1.807) is 22.3 Å². The number of carbonyl (C=O) groups is 3. The maximum absolute atomic E-state index is 16.2. The second-order valence-electron chi connectivity index (χ2n) is 21.9. The first-order valence-corrected chi connectivity index (χ1v) is 26.3. The fourth-order valence-electron chi connectivity index (χ4n) is 13.4. The molecule has 2 unspecified atom stereocenters. The molecule has 4 saturated heterocycles. The van der Waals surface area contributed by atoms with Gasteiger partial charge in [0, 0.05) is 76.7 Å². The Balaban J connectivity index is 0.626. The summed E-state index contributed by atoms with van der Waals surface area (Å²) in [6, 6.07) is 13.4. The smallest absolute Gasteiger partial charge is 0.329 e. The number of halogens is 2. The van der Waals surface area contributed by atoms with Gasteiger partial charge in [-0.25, -0.2) is 23.1 Å². The quantitative estimate of drug-likeness (QED) is 0.134. The molecule has 5 aliphatic heterocycles. The second kappa shape index (κ2) is 18.0. The molecule has 2 aromatic carbocycles. The van der Waals surface area contributed by atoms with E-state index < -0.39 is 23.9 Å². The van der Waals surface area contributed by atoms with Crippen molar-refractivity contribution in [2.45, 2.75) is 120 Å². The summed E-state index contributed by atoms with van der Waals surface area (Å²) in [6.07, 6.45) is 13.6. The number of fused-ring (bicyclic) bond motifs is 3. The van der Waals surface area contributed by atoms with Crippen molar-refractivity contribution >= 4 is 57.3 Å². The van der Waals surface area contributed by atoms with E-state index in [2.05, 4.69) is 58.7 Å². The Hall–Kier alpha value is -5.88. The van der Waals surface area contributed by atoms with Gasteiger partial charge in [0.25, 0.3) is 11.8 Å². The van der Waals surface area contributed by atoms with Crippen molar-refractivity contribution in [3.05, 3.63) is 76.0 Å². The number of hydrogen-bond donors (Lipinski definition) is 3. The Labute approximate surface area is 412 Å². The van der Waals surface area contributed by atoms with Gasteiger partial charge in [0.2, 0.25) is 11.8 Å². The molecule has 3 aromatic heterocycles. The average Bonchev–Trinajstić information content (AvgIpc) is 3.80. The highest BCUT2D eigenvalue weighted by molar-refractivity contribution is 6.00. The number of imide groups is 1. The van der Waals surface area contributed by atoms with Crippen LogP contribution in [0.4, 0.5) is 31.7 Å². The first-order valence-electron chi connectivity index (χ1n) is 26.3. The lowest BCUT2D eigenvalue weighted by molar-refractivity contribution is -0.138. The predicted octanol–water partition coefficient (Wildman–Crippen LogP) is 6.35. The van der Waals surface area contributed by atoms with Crippen molar-refractivity contribution in [2.75, 3.05) is 74.5 Å². The minimum absolute atomic E-state index is 0.149. The maximum atomic E-state index is 16.2. The van der Waals surface area contributed by atoms with Gasteiger partial charge >= 0.3 is 5.69 Å². The zero-order valence-electron chi connectivity index (χ0n) is 41.0. The summed E-state index contributed by atoms with van der Waals surface area (Å²) >= 11 is 0. The SMILES string of the molecule is CNc1cc(N2CCc3c(C4CCC(CN5CCC(N6CCC7(CCN(c8ccc9c(c8)n(C)c(=O)n9C8CCC(=O)NC8=O)CC7)CC6)C(F)(F)C5)CC4)cccc32)nn2c(C(=O)NC3CC3)cnc12. The van der Waals surface area contributed by atoms with Crippen LogP contribution in [0.2, 0.25) is 0 Å². The lowest BCUT2D eigenvalue weighted by Gasteiger charge is -2.51. The van der Waals surface area contributed by atoms with Gasteiger partial charge in [-0.15, -0.1) is 5.10 Å². The van der Waals surface area contributed by atoms with Crippen molar-refractivity contribution in [3.63, 3.8) is 0 Å². The van der Waals surface area contributed by atoms with Crippen LogP contribution in [0.15, 0.2) is 53.5 Å². The third kappa shape index (κ3) is 8.45. The molecule has 3 N–H and O–H groups in total. The van der Waals surface area contributed by atoms with Crippen LogP contribution in [0.1, 0.15) is 117 Å².